The number of nitrogens with one attached hydrogen (secondary N) is 1. The van der Waals surface area contributed by atoms with Gasteiger partial charge in [-0.3, -0.25) is 4.79 Å². The third-order valence-corrected chi connectivity index (χ3v) is 6.44. The van der Waals surface area contributed by atoms with Gasteiger partial charge in [0, 0.05) is 55.9 Å². The molecule has 5 rings (SSSR count). The predicted molar refractivity (Wildman–Crippen MR) is 112 cm³/mol. The highest BCUT2D eigenvalue weighted by atomic mass is 16.5. The number of nitrogens with zero attached hydrogens (tertiary/aromatic N) is 3. The van der Waals surface area contributed by atoms with E-state index in [0.717, 1.165) is 93.0 Å². The number of H-pyrrole nitrogens is 1. The Morgan fingerprint density at radius 2 is 2.10 bits per heavy atom. The molecule has 0 bridgehead atoms. The highest BCUT2D eigenvalue weighted by Crippen LogP contribution is 2.27. The molecule has 1 atom stereocenters. The number of ether oxygens (including phenoxy) is 1. The maximum Gasteiger partial charge on any atom is 0.253 e. The van der Waals surface area contributed by atoms with Gasteiger partial charge >= 0.3 is 0 Å². The molecule has 0 spiro atoms. The number of carbonyl (C=O) groups is 1. The minimum Gasteiger partial charge on any atom is -0.381 e. The van der Waals surface area contributed by atoms with Crippen molar-refractivity contribution in [1.82, 2.24) is 20.0 Å². The number of piperidine rings is 1. The zero-order valence-electron chi connectivity index (χ0n) is 17.2. The Kier molecular flexibility index (Phi) is 5.53. The molecule has 0 saturated carbocycles. The fraction of sp³-hybridized carbons (Fsp3) is 0.522. The van der Waals surface area contributed by atoms with Gasteiger partial charge in [-0.2, -0.15) is 4.98 Å². The lowest BCUT2D eigenvalue weighted by molar-refractivity contribution is 0.0668. The number of aromatic nitrogens is 3. The Bertz CT molecular complexity index is 1000. The number of hydrogen-bond donors (Lipinski definition) is 1. The number of carbonyl (C=O) groups excluding carboxylic acids is 1. The average molecular weight is 409 g/mol. The molecule has 2 aliphatic rings. The highest BCUT2D eigenvalue weighted by molar-refractivity contribution is 5.98. The van der Waals surface area contributed by atoms with E-state index in [1.165, 1.54) is 0 Å². The van der Waals surface area contributed by atoms with Crippen LogP contribution in [0, 0.1) is 5.92 Å². The van der Waals surface area contributed by atoms with Crippen LogP contribution in [-0.4, -0.2) is 52.2 Å². The molecule has 158 valence electrons. The van der Waals surface area contributed by atoms with Crippen LogP contribution < -0.4 is 0 Å². The highest BCUT2D eigenvalue weighted by Gasteiger charge is 2.26. The largest absolute Gasteiger partial charge is 0.381 e. The number of amides is 1. The first-order valence-corrected chi connectivity index (χ1v) is 11.0. The fourth-order valence-electron chi connectivity index (χ4n) is 4.66. The SMILES string of the molecule is O=C(c1ccc2cc[nH]c2c1)N1CCCC(CCc2noc(C3CCOCC3)n2)C1. The number of fused-ring (bicyclic) bond motifs is 1. The second kappa shape index (κ2) is 8.60. The molecule has 2 saturated heterocycles. The molecule has 0 aliphatic carbocycles. The van der Waals surface area contributed by atoms with E-state index in [1.54, 1.807) is 0 Å². The Morgan fingerprint density at radius 1 is 1.20 bits per heavy atom. The van der Waals surface area contributed by atoms with Crippen molar-refractivity contribution in [2.45, 2.75) is 44.4 Å². The van der Waals surface area contributed by atoms with Gasteiger partial charge in [0.1, 0.15) is 0 Å². The van der Waals surface area contributed by atoms with Gasteiger partial charge in [0.25, 0.3) is 5.91 Å². The van der Waals surface area contributed by atoms with Crippen LogP contribution in [0.1, 0.15) is 60.1 Å². The molecule has 0 radical (unpaired) electrons. The maximum atomic E-state index is 13.0. The van der Waals surface area contributed by atoms with Crippen LogP contribution in [0.3, 0.4) is 0 Å². The van der Waals surface area contributed by atoms with Crippen LogP contribution in [0.15, 0.2) is 35.0 Å². The van der Waals surface area contributed by atoms with Gasteiger partial charge in [-0.05, 0) is 61.6 Å². The third kappa shape index (κ3) is 4.12. The Hall–Kier alpha value is -2.67. The minimum absolute atomic E-state index is 0.123. The molecular formula is C23H28N4O3. The van der Waals surface area contributed by atoms with E-state index in [-0.39, 0.29) is 5.91 Å². The molecule has 2 aromatic heterocycles. The summed E-state index contributed by atoms with van der Waals surface area (Å²) >= 11 is 0. The number of likely N-dealkylation sites (tertiary alicyclic amines) is 1. The van der Waals surface area contributed by atoms with Gasteiger partial charge in [-0.15, -0.1) is 0 Å². The molecule has 30 heavy (non-hydrogen) atoms. The van der Waals surface area contributed by atoms with Crippen LogP contribution in [0.5, 0.6) is 0 Å². The molecule has 2 aliphatic heterocycles. The van der Waals surface area contributed by atoms with E-state index in [2.05, 4.69) is 15.1 Å². The first-order chi connectivity index (χ1) is 14.8. The van der Waals surface area contributed by atoms with E-state index in [0.29, 0.717) is 11.8 Å². The van der Waals surface area contributed by atoms with Crippen molar-refractivity contribution in [2.75, 3.05) is 26.3 Å². The zero-order valence-corrected chi connectivity index (χ0v) is 17.2. The van der Waals surface area contributed by atoms with Crippen LogP contribution >= 0.6 is 0 Å². The first kappa shape index (κ1) is 19.3. The summed E-state index contributed by atoms with van der Waals surface area (Å²) < 4.78 is 10.9. The summed E-state index contributed by atoms with van der Waals surface area (Å²) in [7, 11) is 0. The quantitative estimate of drug-likeness (QED) is 0.691. The molecule has 1 aromatic carbocycles. The van der Waals surface area contributed by atoms with E-state index in [9.17, 15) is 4.79 Å². The van der Waals surface area contributed by atoms with Crippen molar-refractivity contribution in [3.63, 3.8) is 0 Å². The summed E-state index contributed by atoms with van der Waals surface area (Å²) in [4.78, 5) is 22.8. The molecule has 3 aromatic rings. The lowest BCUT2D eigenvalue weighted by Crippen LogP contribution is -2.40. The standard InChI is InChI=1S/C23H28N4O3/c28-23(19-5-4-17-7-10-24-20(17)14-19)27-11-1-2-16(15-27)3-6-21-25-22(30-26-21)18-8-12-29-13-9-18/h4-5,7,10,14,16,18,24H,1-3,6,8-9,11-13,15H2. The average Bonchev–Trinajstić information content (AvgIpc) is 3.47. The minimum atomic E-state index is 0.123. The number of benzene rings is 1. The van der Waals surface area contributed by atoms with Gasteiger partial charge in [0.05, 0.1) is 0 Å². The first-order valence-electron chi connectivity index (χ1n) is 11.0. The third-order valence-electron chi connectivity index (χ3n) is 6.44. The summed E-state index contributed by atoms with van der Waals surface area (Å²) in [5.41, 5.74) is 1.76. The topological polar surface area (TPSA) is 84.2 Å². The van der Waals surface area contributed by atoms with Crippen LogP contribution in [0.4, 0.5) is 0 Å². The second-order valence-electron chi connectivity index (χ2n) is 8.51. The Morgan fingerprint density at radius 3 is 3.00 bits per heavy atom. The second-order valence-corrected chi connectivity index (χ2v) is 8.51. The normalized spacial score (nSPS) is 20.7. The predicted octanol–water partition coefficient (Wildman–Crippen LogP) is 3.93. The monoisotopic (exact) mass is 408 g/mol. The summed E-state index contributed by atoms with van der Waals surface area (Å²) in [5.74, 6) is 2.48. The molecule has 1 amide bonds. The Labute approximate surface area is 175 Å². The van der Waals surface area contributed by atoms with Crippen LogP contribution in [0.2, 0.25) is 0 Å². The molecule has 1 unspecified atom stereocenters. The van der Waals surface area contributed by atoms with Gasteiger partial charge in [-0.25, -0.2) is 0 Å². The van der Waals surface area contributed by atoms with Crippen molar-refractivity contribution < 1.29 is 14.1 Å². The van der Waals surface area contributed by atoms with Gasteiger partial charge < -0.3 is 19.1 Å². The zero-order chi connectivity index (χ0) is 20.3. The lowest BCUT2D eigenvalue weighted by atomic mass is 9.92. The smallest absolute Gasteiger partial charge is 0.253 e. The van der Waals surface area contributed by atoms with Crippen molar-refractivity contribution in [2.24, 2.45) is 5.92 Å². The van der Waals surface area contributed by atoms with E-state index in [1.807, 2.05) is 35.4 Å². The summed E-state index contributed by atoms with van der Waals surface area (Å²) in [6.07, 6.45) is 7.78. The van der Waals surface area contributed by atoms with E-state index < -0.39 is 0 Å². The number of hydrogen-bond acceptors (Lipinski definition) is 5. The number of rotatable bonds is 5. The summed E-state index contributed by atoms with van der Waals surface area (Å²) in [5, 5.41) is 5.32. The van der Waals surface area contributed by atoms with Gasteiger partial charge in [0.15, 0.2) is 5.82 Å². The van der Waals surface area contributed by atoms with Crippen LogP contribution in [-0.2, 0) is 11.2 Å². The van der Waals surface area contributed by atoms with Gasteiger partial charge in [-0.1, -0.05) is 11.2 Å². The Balaban J connectivity index is 1.17. The number of aromatic amines is 1. The summed E-state index contributed by atoms with van der Waals surface area (Å²) in [6.45, 7) is 3.16. The van der Waals surface area contributed by atoms with Gasteiger partial charge in [0.2, 0.25) is 5.89 Å². The molecule has 7 nitrogen and oxygen atoms in total. The summed E-state index contributed by atoms with van der Waals surface area (Å²) in [6, 6.07) is 7.91. The lowest BCUT2D eigenvalue weighted by Gasteiger charge is -2.32. The van der Waals surface area contributed by atoms with Crippen molar-refractivity contribution in [3.8, 4) is 0 Å². The van der Waals surface area contributed by atoms with Crippen molar-refractivity contribution in [3.05, 3.63) is 47.7 Å². The number of aryl methyl sites for hydroxylation is 1. The van der Waals surface area contributed by atoms with E-state index >= 15 is 0 Å². The molecule has 2 fully saturated rings. The molecule has 7 heteroatoms. The fourth-order valence-corrected chi connectivity index (χ4v) is 4.66. The van der Waals surface area contributed by atoms with Crippen molar-refractivity contribution >= 4 is 16.8 Å². The molecule has 4 heterocycles. The molecular weight excluding hydrogens is 380 g/mol. The molecule has 1 N–H and O–H groups in total. The van der Waals surface area contributed by atoms with E-state index in [4.69, 9.17) is 9.26 Å². The van der Waals surface area contributed by atoms with Crippen molar-refractivity contribution in [1.29, 1.82) is 0 Å². The van der Waals surface area contributed by atoms with Crippen LogP contribution in [0.25, 0.3) is 10.9 Å². The maximum absolute atomic E-state index is 13.0.